The minimum Gasteiger partial charge on any atom is -0.353 e. The fourth-order valence-electron chi connectivity index (χ4n) is 5.44. The lowest BCUT2D eigenvalue weighted by Crippen LogP contribution is -2.62. The number of nitrogens with zero attached hydrogens (tertiary/aromatic N) is 3. The molecule has 0 spiro atoms. The van der Waals surface area contributed by atoms with Crippen LogP contribution in [0.3, 0.4) is 0 Å². The summed E-state index contributed by atoms with van der Waals surface area (Å²) in [5.74, 6) is 0. The van der Waals surface area contributed by atoms with Crippen molar-refractivity contribution >= 4 is 5.69 Å². The Morgan fingerprint density at radius 3 is 2.42 bits per heavy atom. The lowest BCUT2D eigenvalue weighted by molar-refractivity contribution is 0.0597. The molecule has 0 radical (unpaired) electrons. The number of hydrogen-bond acceptors (Lipinski definition) is 2. The lowest BCUT2D eigenvalue weighted by atomic mass is 9.52. The number of aromatic nitrogens is 2. The fraction of sp³-hybridized carbons (Fsp3) is 0.571. The molecular formula is C21H29N3. The van der Waals surface area contributed by atoms with Crippen molar-refractivity contribution in [1.82, 2.24) is 9.78 Å². The summed E-state index contributed by atoms with van der Waals surface area (Å²) in [5, 5.41) is 4.61. The van der Waals surface area contributed by atoms with Crippen molar-refractivity contribution in [2.45, 2.75) is 65.5 Å². The van der Waals surface area contributed by atoms with Gasteiger partial charge in [0.25, 0.3) is 0 Å². The van der Waals surface area contributed by atoms with Crippen LogP contribution < -0.4 is 4.90 Å². The second kappa shape index (κ2) is 4.25. The molecular weight excluding hydrogens is 294 g/mol. The Labute approximate surface area is 145 Å². The molecule has 3 nitrogen and oxygen atoms in total. The molecule has 0 amide bonds. The van der Waals surface area contributed by atoms with E-state index in [1.165, 1.54) is 28.1 Å². The topological polar surface area (TPSA) is 21.1 Å². The second-order valence-electron chi connectivity index (χ2n) is 8.91. The van der Waals surface area contributed by atoms with Crippen LogP contribution in [0.1, 0.15) is 70.0 Å². The Kier molecular flexibility index (Phi) is 2.79. The van der Waals surface area contributed by atoms with Crippen LogP contribution in [-0.2, 0) is 18.0 Å². The smallest absolute Gasteiger partial charge is 0.0861 e. The fourth-order valence-corrected chi connectivity index (χ4v) is 5.44. The monoisotopic (exact) mass is 323 g/mol. The van der Waals surface area contributed by atoms with E-state index >= 15 is 0 Å². The van der Waals surface area contributed by atoms with Crippen LogP contribution in [0.15, 0.2) is 24.4 Å². The van der Waals surface area contributed by atoms with Crippen LogP contribution in [0.4, 0.5) is 5.69 Å². The van der Waals surface area contributed by atoms with Gasteiger partial charge in [0, 0.05) is 23.7 Å². The summed E-state index contributed by atoms with van der Waals surface area (Å²) >= 11 is 0. The van der Waals surface area contributed by atoms with E-state index in [1.807, 2.05) is 0 Å². The summed E-state index contributed by atoms with van der Waals surface area (Å²) in [4.78, 5) is 2.68. The third-order valence-electron chi connectivity index (χ3n) is 7.68. The standard InChI is InChI=1S/C21H29N3/c1-13-10-9-11-16-17(13)24-14(2)15-12-22-23(8)18(15)21(24,7)20(5,6)19(16,3)4/h9-12,14H,1-8H3. The first-order valence-electron chi connectivity index (χ1n) is 8.98. The molecule has 2 atom stereocenters. The van der Waals surface area contributed by atoms with E-state index in [4.69, 9.17) is 0 Å². The number of fused-ring (bicyclic) bond motifs is 5. The summed E-state index contributed by atoms with van der Waals surface area (Å²) in [6, 6.07) is 7.14. The minimum absolute atomic E-state index is 0.0497. The third kappa shape index (κ3) is 1.40. The molecule has 0 bridgehead atoms. The van der Waals surface area contributed by atoms with Crippen molar-refractivity contribution in [3.8, 4) is 0 Å². The Morgan fingerprint density at radius 1 is 1.08 bits per heavy atom. The second-order valence-corrected chi connectivity index (χ2v) is 8.91. The molecule has 24 heavy (non-hydrogen) atoms. The van der Waals surface area contributed by atoms with Gasteiger partial charge in [0.05, 0.1) is 23.5 Å². The van der Waals surface area contributed by atoms with Crippen LogP contribution in [0.5, 0.6) is 0 Å². The highest BCUT2D eigenvalue weighted by molar-refractivity contribution is 5.71. The van der Waals surface area contributed by atoms with E-state index in [0.717, 1.165) is 0 Å². The number of anilines is 1. The molecule has 1 aromatic heterocycles. The van der Waals surface area contributed by atoms with Crippen LogP contribution in [-0.4, -0.2) is 9.78 Å². The lowest BCUT2D eigenvalue weighted by Gasteiger charge is -2.62. The molecule has 3 heteroatoms. The predicted octanol–water partition coefficient (Wildman–Crippen LogP) is 4.84. The average Bonchev–Trinajstić information content (AvgIpc) is 2.98. The van der Waals surface area contributed by atoms with Crippen LogP contribution in [0.25, 0.3) is 0 Å². The van der Waals surface area contributed by atoms with Gasteiger partial charge in [0.2, 0.25) is 0 Å². The number of rotatable bonds is 0. The van der Waals surface area contributed by atoms with Gasteiger partial charge in [-0.1, -0.05) is 45.9 Å². The molecule has 2 aromatic rings. The zero-order valence-corrected chi connectivity index (χ0v) is 16.2. The Balaban J connectivity index is 2.16. The largest absolute Gasteiger partial charge is 0.353 e. The number of benzene rings is 1. The molecule has 0 N–H and O–H groups in total. The van der Waals surface area contributed by atoms with Gasteiger partial charge >= 0.3 is 0 Å². The van der Waals surface area contributed by atoms with E-state index in [-0.39, 0.29) is 16.4 Å². The molecule has 2 aliphatic rings. The van der Waals surface area contributed by atoms with Crippen LogP contribution >= 0.6 is 0 Å². The van der Waals surface area contributed by atoms with Crippen molar-refractivity contribution in [3.63, 3.8) is 0 Å². The average molecular weight is 323 g/mol. The van der Waals surface area contributed by atoms with Gasteiger partial charge < -0.3 is 4.90 Å². The molecule has 0 aliphatic carbocycles. The van der Waals surface area contributed by atoms with Gasteiger partial charge in [-0.05, 0) is 37.3 Å². The van der Waals surface area contributed by atoms with Gasteiger partial charge in [-0.2, -0.15) is 5.10 Å². The van der Waals surface area contributed by atoms with Gasteiger partial charge in [0.1, 0.15) is 0 Å². The van der Waals surface area contributed by atoms with E-state index in [1.54, 1.807) is 0 Å². The van der Waals surface area contributed by atoms with E-state index in [9.17, 15) is 0 Å². The molecule has 128 valence electrons. The highest BCUT2D eigenvalue weighted by Crippen LogP contribution is 2.67. The molecule has 0 saturated heterocycles. The first-order chi connectivity index (χ1) is 11.1. The minimum atomic E-state index is -0.0877. The maximum Gasteiger partial charge on any atom is 0.0861 e. The highest BCUT2D eigenvalue weighted by atomic mass is 15.4. The Hall–Kier alpha value is -1.77. The molecule has 1 aromatic carbocycles. The van der Waals surface area contributed by atoms with Crippen LogP contribution in [0, 0.1) is 12.3 Å². The van der Waals surface area contributed by atoms with Crippen molar-refractivity contribution in [2.75, 3.05) is 4.90 Å². The Bertz CT molecular complexity index is 843. The molecule has 0 fully saturated rings. The van der Waals surface area contributed by atoms with Crippen molar-refractivity contribution in [2.24, 2.45) is 12.5 Å². The maximum atomic E-state index is 4.61. The quantitative estimate of drug-likeness (QED) is 0.691. The van der Waals surface area contributed by atoms with Gasteiger partial charge in [0.15, 0.2) is 0 Å². The van der Waals surface area contributed by atoms with Gasteiger partial charge in [-0.15, -0.1) is 0 Å². The highest BCUT2D eigenvalue weighted by Gasteiger charge is 2.65. The third-order valence-corrected chi connectivity index (χ3v) is 7.68. The first-order valence-corrected chi connectivity index (χ1v) is 8.98. The molecule has 0 saturated carbocycles. The van der Waals surface area contributed by atoms with Crippen molar-refractivity contribution in [1.29, 1.82) is 0 Å². The summed E-state index contributed by atoms with van der Waals surface area (Å²) < 4.78 is 2.10. The molecule has 4 rings (SSSR count). The summed E-state index contributed by atoms with van der Waals surface area (Å²) in [6.07, 6.45) is 2.07. The SMILES string of the molecule is Cc1cccc2c1N1C(C)c3cnn(C)c3C1(C)C(C)(C)C2(C)C. The van der Waals surface area contributed by atoms with Crippen molar-refractivity contribution in [3.05, 3.63) is 46.8 Å². The van der Waals surface area contributed by atoms with Crippen LogP contribution in [0.2, 0.25) is 0 Å². The number of aryl methyl sites for hydroxylation is 2. The van der Waals surface area contributed by atoms with Gasteiger partial charge in [-0.3, -0.25) is 4.68 Å². The van der Waals surface area contributed by atoms with Crippen molar-refractivity contribution < 1.29 is 0 Å². The van der Waals surface area contributed by atoms with E-state index in [0.29, 0.717) is 6.04 Å². The normalized spacial score (nSPS) is 29.2. The number of para-hydroxylation sites is 1. The Morgan fingerprint density at radius 2 is 1.75 bits per heavy atom. The van der Waals surface area contributed by atoms with Gasteiger partial charge in [-0.25, -0.2) is 0 Å². The predicted molar refractivity (Wildman–Crippen MR) is 99.4 cm³/mol. The van der Waals surface area contributed by atoms with E-state index in [2.05, 4.69) is 94.6 Å². The molecule has 2 unspecified atom stereocenters. The maximum absolute atomic E-state index is 4.61. The zero-order chi connectivity index (χ0) is 17.7. The van der Waals surface area contributed by atoms with E-state index < -0.39 is 0 Å². The number of hydrogen-bond donors (Lipinski definition) is 0. The zero-order valence-electron chi connectivity index (χ0n) is 16.2. The molecule has 3 heterocycles. The summed E-state index contributed by atoms with van der Waals surface area (Å²) in [7, 11) is 2.09. The summed E-state index contributed by atoms with van der Waals surface area (Å²) in [5.41, 5.74) is 7.04. The first kappa shape index (κ1) is 15.7. The summed E-state index contributed by atoms with van der Waals surface area (Å²) in [6.45, 7) is 16.7. The molecule has 2 aliphatic heterocycles.